The average Bonchev–Trinajstić information content (AvgIpc) is 3.05. The molecule has 1 fully saturated rings. The van der Waals surface area contributed by atoms with E-state index in [2.05, 4.69) is 21.3 Å². The molecule has 1 amide bonds. The third-order valence-corrected chi connectivity index (χ3v) is 5.58. The van der Waals surface area contributed by atoms with Gasteiger partial charge in [0, 0.05) is 31.4 Å². The van der Waals surface area contributed by atoms with E-state index in [0.29, 0.717) is 6.04 Å². The van der Waals surface area contributed by atoms with Gasteiger partial charge in [0.2, 0.25) is 0 Å². The second-order valence-corrected chi connectivity index (χ2v) is 7.32. The topological polar surface area (TPSA) is 113 Å². The lowest BCUT2D eigenvalue weighted by Crippen LogP contribution is -2.42. The van der Waals surface area contributed by atoms with Crippen LogP contribution in [0.25, 0.3) is 5.69 Å². The molecule has 2 aliphatic rings. The number of aromatic nitrogens is 2. The number of amides is 1. The van der Waals surface area contributed by atoms with E-state index in [4.69, 9.17) is 10.8 Å². The number of anilines is 1. The number of hydrogen-bond donors (Lipinski definition) is 3. The molecule has 4 rings (SSSR count). The molecule has 0 unspecified atom stereocenters. The summed E-state index contributed by atoms with van der Waals surface area (Å²) in [4.78, 5) is 29.1. The van der Waals surface area contributed by atoms with Crippen molar-refractivity contribution in [3.05, 3.63) is 52.1 Å². The van der Waals surface area contributed by atoms with Crippen molar-refractivity contribution in [1.29, 1.82) is 0 Å². The van der Waals surface area contributed by atoms with Crippen LogP contribution in [0.5, 0.6) is 0 Å². The lowest BCUT2D eigenvalue weighted by atomic mass is 9.90. The molecule has 0 spiro atoms. The van der Waals surface area contributed by atoms with Gasteiger partial charge in [0.15, 0.2) is 0 Å². The molecule has 1 saturated carbocycles. The molecule has 2 heterocycles. The molecule has 0 radical (unpaired) electrons. The summed E-state index contributed by atoms with van der Waals surface area (Å²) in [5.41, 5.74) is 8.48. The maximum Gasteiger partial charge on any atom is 0.404 e. The number of carbonyl (C=O) groups is 1. The predicted octanol–water partition coefficient (Wildman–Crippen LogP) is 1.71. The zero-order valence-electron chi connectivity index (χ0n) is 15.0. The largest absolute Gasteiger partial charge is 0.465 e. The number of nitrogens with two attached hydrogens (primary N) is 1. The highest BCUT2D eigenvalue weighted by Gasteiger charge is 2.30. The molecular formula is C19H23N5O3. The summed E-state index contributed by atoms with van der Waals surface area (Å²) >= 11 is 0. The predicted molar refractivity (Wildman–Crippen MR) is 101 cm³/mol. The highest BCUT2D eigenvalue weighted by molar-refractivity contribution is 5.64. The lowest BCUT2D eigenvalue weighted by Gasteiger charge is -2.34. The molecule has 0 atom stereocenters. The zero-order chi connectivity index (χ0) is 19.0. The van der Waals surface area contributed by atoms with E-state index < -0.39 is 6.09 Å². The fourth-order valence-electron chi connectivity index (χ4n) is 4.19. The van der Waals surface area contributed by atoms with Crippen LogP contribution in [-0.2, 0) is 13.1 Å². The first-order valence-electron chi connectivity index (χ1n) is 9.20. The highest BCUT2D eigenvalue weighted by atomic mass is 16.4. The monoisotopic (exact) mass is 369 g/mol. The second kappa shape index (κ2) is 7.03. The molecule has 142 valence electrons. The van der Waals surface area contributed by atoms with Gasteiger partial charge < -0.3 is 16.2 Å². The highest BCUT2D eigenvalue weighted by Crippen LogP contribution is 2.32. The van der Waals surface area contributed by atoms with Crippen molar-refractivity contribution in [1.82, 2.24) is 19.8 Å². The van der Waals surface area contributed by atoms with Gasteiger partial charge in [-0.15, -0.1) is 0 Å². The third-order valence-electron chi connectivity index (χ3n) is 5.58. The van der Waals surface area contributed by atoms with Crippen LogP contribution in [0, 0.1) is 0 Å². The number of nitrogens with one attached hydrogen (secondary N) is 1. The molecule has 8 nitrogen and oxygen atoms in total. The molecule has 8 heteroatoms. The summed E-state index contributed by atoms with van der Waals surface area (Å²) in [5.74, 6) is 0.219. The molecule has 0 saturated heterocycles. The Labute approximate surface area is 156 Å². The summed E-state index contributed by atoms with van der Waals surface area (Å²) in [6.45, 7) is 1.74. The van der Waals surface area contributed by atoms with Gasteiger partial charge in [0.1, 0.15) is 5.82 Å². The van der Waals surface area contributed by atoms with E-state index in [0.717, 1.165) is 44.5 Å². The molecule has 4 N–H and O–H groups in total. The average molecular weight is 369 g/mol. The quantitative estimate of drug-likeness (QED) is 0.759. The number of nitrogens with zero attached hydrogens (tertiary/aromatic N) is 3. The Morgan fingerprint density at radius 3 is 2.59 bits per heavy atom. The van der Waals surface area contributed by atoms with Crippen LogP contribution in [0.4, 0.5) is 10.6 Å². The molecule has 1 aromatic heterocycles. The number of hydrogen-bond acceptors (Lipinski definition) is 5. The van der Waals surface area contributed by atoms with E-state index in [1.54, 1.807) is 12.3 Å². The van der Waals surface area contributed by atoms with Crippen molar-refractivity contribution >= 4 is 11.9 Å². The Hall–Kier alpha value is -2.87. The number of benzene rings is 1. The smallest absolute Gasteiger partial charge is 0.404 e. The maximum absolute atomic E-state index is 12.1. The number of fused-ring (bicyclic) bond motifs is 1. The van der Waals surface area contributed by atoms with E-state index in [-0.39, 0.29) is 17.5 Å². The van der Waals surface area contributed by atoms with Gasteiger partial charge in [-0.05, 0) is 55.0 Å². The Morgan fingerprint density at radius 1 is 1.15 bits per heavy atom. The zero-order valence-corrected chi connectivity index (χ0v) is 15.0. The Balaban J connectivity index is 1.45. The first-order valence-corrected chi connectivity index (χ1v) is 9.20. The Bertz CT molecular complexity index is 918. The van der Waals surface area contributed by atoms with Crippen LogP contribution in [-0.4, -0.2) is 37.7 Å². The van der Waals surface area contributed by atoms with Crippen LogP contribution >= 0.6 is 0 Å². The van der Waals surface area contributed by atoms with Gasteiger partial charge in [-0.2, -0.15) is 4.98 Å². The molecule has 1 aromatic carbocycles. The Kier molecular flexibility index (Phi) is 4.57. The summed E-state index contributed by atoms with van der Waals surface area (Å²) < 4.78 is 1.50. The molecule has 27 heavy (non-hydrogen) atoms. The lowest BCUT2D eigenvalue weighted by molar-refractivity contribution is 0.138. The minimum absolute atomic E-state index is 0.0697. The van der Waals surface area contributed by atoms with E-state index in [1.165, 1.54) is 15.7 Å². The van der Waals surface area contributed by atoms with Crippen molar-refractivity contribution in [2.75, 3.05) is 5.73 Å². The van der Waals surface area contributed by atoms with Gasteiger partial charge >= 0.3 is 11.8 Å². The minimum Gasteiger partial charge on any atom is -0.465 e. The number of rotatable bonds is 3. The molecule has 0 bridgehead atoms. The molecule has 2 aromatic rings. The third kappa shape index (κ3) is 3.66. The van der Waals surface area contributed by atoms with Gasteiger partial charge in [0.25, 0.3) is 0 Å². The van der Waals surface area contributed by atoms with Gasteiger partial charge in [0.05, 0.1) is 5.69 Å². The van der Waals surface area contributed by atoms with Crippen molar-refractivity contribution in [2.24, 2.45) is 0 Å². The van der Waals surface area contributed by atoms with Crippen LogP contribution in [0.15, 0.2) is 35.3 Å². The fraction of sp³-hybridized carbons (Fsp3) is 0.421. The first-order chi connectivity index (χ1) is 13.0. The van der Waals surface area contributed by atoms with Crippen LogP contribution in [0.3, 0.4) is 0 Å². The van der Waals surface area contributed by atoms with Crippen molar-refractivity contribution in [3.63, 3.8) is 0 Å². The first kappa shape index (κ1) is 17.5. The van der Waals surface area contributed by atoms with Crippen molar-refractivity contribution < 1.29 is 9.90 Å². The van der Waals surface area contributed by atoms with E-state index >= 15 is 0 Å². The van der Waals surface area contributed by atoms with Crippen molar-refractivity contribution in [2.45, 2.75) is 50.9 Å². The SMILES string of the molecule is Nc1ccn(-c2ccc3c(c2)CN([C@H]2CC[C@H](NC(=O)O)CC2)C3)c(=O)n1. The summed E-state index contributed by atoms with van der Waals surface area (Å²) in [5, 5.41) is 11.5. The van der Waals surface area contributed by atoms with Crippen LogP contribution < -0.4 is 16.7 Å². The van der Waals surface area contributed by atoms with E-state index in [9.17, 15) is 9.59 Å². The molecule has 1 aliphatic carbocycles. The number of carboxylic acid groups (broad SMARTS) is 1. The summed E-state index contributed by atoms with van der Waals surface area (Å²) in [6, 6.07) is 8.21. The minimum atomic E-state index is -0.938. The standard InChI is InChI=1S/C19H23N5O3/c20-17-7-8-24(18(25)22-17)16-4-1-12-10-23(11-13(12)9-16)15-5-2-14(3-6-15)21-19(26)27/h1,4,7-9,14-15,21H,2-3,5-6,10-11H2,(H,26,27)(H2,20,22,25)/t14-,15-. The van der Waals surface area contributed by atoms with E-state index in [1.807, 2.05) is 12.1 Å². The summed E-state index contributed by atoms with van der Waals surface area (Å²) in [6.07, 6.45) is 4.45. The normalized spacial score (nSPS) is 22.4. The second-order valence-electron chi connectivity index (χ2n) is 7.32. The maximum atomic E-state index is 12.1. The van der Waals surface area contributed by atoms with Crippen LogP contribution in [0.1, 0.15) is 36.8 Å². The Morgan fingerprint density at radius 2 is 1.89 bits per heavy atom. The van der Waals surface area contributed by atoms with Crippen molar-refractivity contribution in [3.8, 4) is 5.69 Å². The van der Waals surface area contributed by atoms with Gasteiger partial charge in [-0.1, -0.05) is 6.07 Å². The fourth-order valence-corrected chi connectivity index (χ4v) is 4.19. The number of nitrogen functional groups attached to an aromatic ring is 1. The van der Waals surface area contributed by atoms with Crippen LogP contribution in [0.2, 0.25) is 0 Å². The summed E-state index contributed by atoms with van der Waals surface area (Å²) in [7, 11) is 0. The molecule has 1 aliphatic heterocycles. The van der Waals surface area contributed by atoms with Gasteiger partial charge in [-0.25, -0.2) is 9.59 Å². The van der Waals surface area contributed by atoms with Gasteiger partial charge in [-0.3, -0.25) is 9.47 Å². The molecular weight excluding hydrogens is 346 g/mol.